The van der Waals surface area contributed by atoms with Crippen LogP contribution >= 0.6 is 0 Å². The van der Waals surface area contributed by atoms with Gasteiger partial charge in [-0.1, -0.05) is 12.1 Å². The van der Waals surface area contributed by atoms with Crippen LogP contribution < -0.4 is 20.1 Å². The summed E-state index contributed by atoms with van der Waals surface area (Å²) in [6.45, 7) is 1.42. The van der Waals surface area contributed by atoms with Gasteiger partial charge in [-0.25, -0.2) is 0 Å². The molecule has 0 radical (unpaired) electrons. The standard InChI is InChI=1S/C17H18N2O4/c1-11(20)18-12-6-4-7-13(10-12)19-17(21)16-14(22-2)8-5-9-15(16)23-3/h4-10H,1-3H3,(H,18,20)(H,19,21). The van der Waals surface area contributed by atoms with E-state index in [0.29, 0.717) is 28.4 Å². The Bertz CT molecular complexity index is 706. The Balaban J connectivity index is 2.27. The topological polar surface area (TPSA) is 76.7 Å². The molecule has 0 atom stereocenters. The van der Waals surface area contributed by atoms with Gasteiger partial charge < -0.3 is 20.1 Å². The first-order valence-corrected chi connectivity index (χ1v) is 6.95. The molecule has 2 aromatic carbocycles. The molecule has 2 rings (SSSR count). The minimum Gasteiger partial charge on any atom is -0.496 e. The molecule has 2 amide bonds. The number of anilines is 2. The predicted molar refractivity (Wildman–Crippen MR) is 88.2 cm³/mol. The third kappa shape index (κ3) is 4.00. The lowest BCUT2D eigenvalue weighted by molar-refractivity contribution is -0.114. The van der Waals surface area contributed by atoms with Crippen LogP contribution in [0.3, 0.4) is 0 Å². The molecular weight excluding hydrogens is 296 g/mol. The number of rotatable bonds is 5. The van der Waals surface area contributed by atoms with Gasteiger partial charge in [0.05, 0.1) is 14.2 Å². The molecule has 0 saturated carbocycles. The molecule has 0 aliphatic carbocycles. The summed E-state index contributed by atoms with van der Waals surface area (Å²) in [4.78, 5) is 23.7. The van der Waals surface area contributed by atoms with E-state index in [-0.39, 0.29) is 11.8 Å². The van der Waals surface area contributed by atoms with Crippen LogP contribution in [0.5, 0.6) is 11.5 Å². The normalized spacial score (nSPS) is 9.87. The largest absolute Gasteiger partial charge is 0.496 e. The average molecular weight is 314 g/mol. The van der Waals surface area contributed by atoms with Crippen molar-refractivity contribution in [2.24, 2.45) is 0 Å². The zero-order valence-corrected chi connectivity index (χ0v) is 13.2. The number of nitrogens with one attached hydrogen (secondary N) is 2. The highest BCUT2D eigenvalue weighted by Gasteiger charge is 2.18. The lowest BCUT2D eigenvalue weighted by Gasteiger charge is -2.13. The number of hydrogen-bond donors (Lipinski definition) is 2. The Morgan fingerprint density at radius 1 is 0.870 bits per heavy atom. The van der Waals surface area contributed by atoms with E-state index in [2.05, 4.69) is 10.6 Å². The van der Waals surface area contributed by atoms with E-state index in [1.165, 1.54) is 21.1 Å². The van der Waals surface area contributed by atoms with Gasteiger partial charge in [-0.2, -0.15) is 0 Å². The van der Waals surface area contributed by atoms with Gasteiger partial charge in [0.15, 0.2) is 0 Å². The fourth-order valence-electron chi connectivity index (χ4n) is 2.15. The maximum atomic E-state index is 12.5. The van der Waals surface area contributed by atoms with Crippen LogP contribution in [0.4, 0.5) is 11.4 Å². The molecule has 0 saturated heterocycles. The monoisotopic (exact) mass is 314 g/mol. The summed E-state index contributed by atoms with van der Waals surface area (Å²) in [6.07, 6.45) is 0. The second kappa shape index (κ2) is 7.31. The van der Waals surface area contributed by atoms with E-state index in [0.717, 1.165) is 0 Å². The van der Waals surface area contributed by atoms with Crippen molar-refractivity contribution in [1.82, 2.24) is 0 Å². The molecule has 0 bridgehead atoms. The molecule has 23 heavy (non-hydrogen) atoms. The predicted octanol–water partition coefficient (Wildman–Crippen LogP) is 2.91. The van der Waals surface area contributed by atoms with E-state index in [1.54, 1.807) is 42.5 Å². The highest BCUT2D eigenvalue weighted by Crippen LogP contribution is 2.29. The highest BCUT2D eigenvalue weighted by molar-refractivity contribution is 6.08. The van der Waals surface area contributed by atoms with Crippen molar-refractivity contribution in [3.63, 3.8) is 0 Å². The maximum Gasteiger partial charge on any atom is 0.263 e. The van der Waals surface area contributed by atoms with Gasteiger partial charge in [0.25, 0.3) is 5.91 Å². The van der Waals surface area contributed by atoms with Gasteiger partial charge in [0.1, 0.15) is 17.1 Å². The fourth-order valence-corrected chi connectivity index (χ4v) is 2.15. The summed E-state index contributed by atoms with van der Waals surface area (Å²) < 4.78 is 10.5. The number of carbonyl (C=O) groups excluding carboxylic acids is 2. The molecule has 0 aromatic heterocycles. The molecule has 2 N–H and O–H groups in total. The zero-order valence-electron chi connectivity index (χ0n) is 13.2. The van der Waals surface area contributed by atoms with Gasteiger partial charge in [-0.05, 0) is 30.3 Å². The summed E-state index contributed by atoms with van der Waals surface area (Å²) >= 11 is 0. The van der Waals surface area contributed by atoms with Crippen molar-refractivity contribution in [2.45, 2.75) is 6.92 Å². The molecule has 6 nitrogen and oxygen atoms in total. The van der Waals surface area contributed by atoms with Gasteiger partial charge >= 0.3 is 0 Å². The minimum atomic E-state index is -0.362. The minimum absolute atomic E-state index is 0.181. The molecule has 120 valence electrons. The summed E-state index contributed by atoms with van der Waals surface area (Å²) in [7, 11) is 2.98. The smallest absolute Gasteiger partial charge is 0.263 e. The van der Waals surface area contributed by atoms with Crippen molar-refractivity contribution in [3.05, 3.63) is 48.0 Å². The Morgan fingerprint density at radius 2 is 1.39 bits per heavy atom. The van der Waals surface area contributed by atoms with Gasteiger partial charge in [-0.15, -0.1) is 0 Å². The first-order chi connectivity index (χ1) is 11.0. The Morgan fingerprint density at radius 3 is 1.91 bits per heavy atom. The number of hydrogen-bond acceptors (Lipinski definition) is 4. The van der Waals surface area contributed by atoms with Gasteiger partial charge in [-0.3, -0.25) is 9.59 Å². The summed E-state index contributed by atoms with van der Waals surface area (Å²) in [5, 5.41) is 5.43. The molecule has 6 heteroatoms. The van der Waals surface area contributed by atoms with Crippen LogP contribution in [0.1, 0.15) is 17.3 Å². The van der Waals surface area contributed by atoms with Crippen molar-refractivity contribution in [1.29, 1.82) is 0 Å². The molecule has 0 aliphatic rings. The third-order valence-electron chi connectivity index (χ3n) is 3.10. The Kier molecular flexibility index (Phi) is 5.19. The van der Waals surface area contributed by atoms with Crippen LogP contribution in [0, 0.1) is 0 Å². The lowest BCUT2D eigenvalue weighted by atomic mass is 10.1. The van der Waals surface area contributed by atoms with Gasteiger partial charge in [0, 0.05) is 18.3 Å². The molecule has 0 aliphatic heterocycles. The molecular formula is C17H18N2O4. The number of carbonyl (C=O) groups is 2. The SMILES string of the molecule is COc1cccc(OC)c1C(=O)Nc1cccc(NC(C)=O)c1. The number of methoxy groups -OCH3 is 2. The lowest BCUT2D eigenvalue weighted by Crippen LogP contribution is -2.15. The Hall–Kier alpha value is -3.02. The van der Waals surface area contributed by atoms with Crippen LogP contribution in [-0.2, 0) is 4.79 Å². The quantitative estimate of drug-likeness (QED) is 0.889. The average Bonchev–Trinajstić information content (AvgIpc) is 2.53. The summed E-state index contributed by atoms with van der Waals surface area (Å²) in [5.74, 6) is 0.291. The number of ether oxygens (including phenoxy) is 2. The van der Waals surface area contributed by atoms with Crippen molar-refractivity contribution in [3.8, 4) is 11.5 Å². The first kappa shape index (κ1) is 16.4. The van der Waals surface area contributed by atoms with Crippen molar-refractivity contribution in [2.75, 3.05) is 24.9 Å². The van der Waals surface area contributed by atoms with E-state index < -0.39 is 0 Å². The Labute approximate surface area is 134 Å². The molecule has 0 spiro atoms. The number of amides is 2. The third-order valence-corrected chi connectivity index (χ3v) is 3.10. The summed E-state index contributed by atoms with van der Waals surface area (Å²) in [5.41, 5.74) is 1.46. The van der Waals surface area contributed by atoms with E-state index in [4.69, 9.17) is 9.47 Å². The van der Waals surface area contributed by atoms with E-state index in [9.17, 15) is 9.59 Å². The second-order valence-corrected chi connectivity index (χ2v) is 4.75. The molecule has 0 fully saturated rings. The molecule has 0 heterocycles. The van der Waals surface area contributed by atoms with Crippen LogP contribution in [0.2, 0.25) is 0 Å². The maximum absolute atomic E-state index is 12.5. The summed E-state index contributed by atoms with van der Waals surface area (Å²) in [6, 6.07) is 12.0. The fraction of sp³-hybridized carbons (Fsp3) is 0.176. The van der Waals surface area contributed by atoms with E-state index in [1.807, 2.05) is 0 Å². The first-order valence-electron chi connectivity index (χ1n) is 6.95. The molecule has 2 aromatic rings. The van der Waals surface area contributed by atoms with Crippen LogP contribution in [0.15, 0.2) is 42.5 Å². The highest BCUT2D eigenvalue weighted by atomic mass is 16.5. The van der Waals surface area contributed by atoms with Gasteiger partial charge in [0.2, 0.25) is 5.91 Å². The second-order valence-electron chi connectivity index (χ2n) is 4.75. The van der Waals surface area contributed by atoms with Crippen molar-refractivity contribution < 1.29 is 19.1 Å². The number of benzene rings is 2. The van der Waals surface area contributed by atoms with Crippen LogP contribution in [-0.4, -0.2) is 26.0 Å². The van der Waals surface area contributed by atoms with E-state index >= 15 is 0 Å². The van der Waals surface area contributed by atoms with Crippen LogP contribution in [0.25, 0.3) is 0 Å². The van der Waals surface area contributed by atoms with Crippen molar-refractivity contribution >= 4 is 23.2 Å². The zero-order chi connectivity index (χ0) is 16.8. The molecule has 0 unspecified atom stereocenters.